The number of esters is 1. The molecule has 0 aromatic rings. The second-order valence-electron chi connectivity index (χ2n) is 4.93. The van der Waals surface area contributed by atoms with Crippen molar-refractivity contribution in [3.8, 4) is 0 Å². The van der Waals surface area contributed by atoms with Crippen LogP contribution in [0.1, 0.15) is 65.7 Å². The predicted molar refractivity (Wildman–Crippen MR) is 72.9 cm³/mol. The number of carbonyl (C=O) groups excluding carboxylic acids is 1. The van der Waals surface area contributed by atoms with Crippen LogP contribution in [0.25, 0.3) is 0 Å². The van der Waals surface area contributed by atoms with Crippen LogP contribution in [0.3, 0.4) is 0 Å². The monoisotopic (exact) mass is 240 g/mol. The van der Waals surface area contributed by atoms with E-state index in [-0.39, 0.29) is 5.97 Å². The maximum atomic E-state index is 11.2. The molecule has 0 saturated carbocycles. The van der Waals surface area contributed by atoms with Gasteiger partial charge >= 0.3 is 5.97 Å². The molecule has 0 aliphatic rings. The molecule has 2 heteroatoms. The smallest absolute Gasteiger partial charge is 0.306 e. The van der Waals surface area contributed by atoms with Gasteiger partial charge in [-0.3, -0.25) is 4.79 Å². The van der Waals surface area contributed by atoms with E-state index in [1.807, 2.05) is 13.8 Å². The molecule has 100 valence electrons. The Hall–Kier alpha value is -0.790. The molecule has 0 aliphatic heterocycles. The van der Waals surface area contributed by atoms with Crippen LogP contribution in [-0.2, 0) is 9.53 Å². The molecule has 0 heterocycles. The Labute approximate surface area is 106 Å². The zero-order valence-electron chi connectivity index (χ0n) is 11.7. The summed E-state index contributed by atoms with van der Waals surface area (Å²) in [6, 6.07) is 0. The zero-order valence-corrected chi connectivity index (χ0v) is 11.7. The molecule has 2 nitrogen and oxygen atoms in total. The minimum atomic E-state index is -0.0570. The van der Waals surface area contributed by atoms with Crippen molar-refractivity contribution in [3.63, 3.8) is 0 Å². The molecular weight excluding hydrogens is 212 g/mol. The lowest BCUT2D eigenvalue weighted by molar-refractivity contribution is -0.144. The van der Waals surface area contributed by atoms with E-state index in [0.29, 0.717) is 18.9 Å². The van der Waals surface area contributed by atoms with Gasteiger partial charge in [-0.05, 0) is 31.6 Å². The number of allylic oxidation sites excluding steroid dienone is 2. The summed E-state index contributed by atoms with van der Waals surface area (Å²) in [5.74, 6) is 0.336. The first-order valence-electron chi connectivity index (χ1n) is 6.97. The lowest BCUT2D eigenvalue weighted by Crippen LogP contribution is -2.08. The molecule has 0 spiro atoms. The molecule has 17 heavy (non-hydrogen) atoms. The van der Waals surface area contributed by atoms with Crippen molar-refractivity contribution in [3.05, 3.63) is 12.2 Å². The quantitative estimate of drug-likeness (QED) is 0.319. The van der Waals surface area contributed by atoms with Crippen molar-refractivity contribution in [2.24, 2.45) is 5.92 Å². The minimum absolute atomic E-state index is 0.0570. The summed E-state index contributed by atoms with van der Waals surface area (Å²) in [7, 11) is 0. The van der Waals surface area contributed by atoms with Gasteiger partial charge in [0.2, 0.25) is 0 Å². The van der Waals surface area contributed by atoms with Crippen LogP contribution in [0.5, 0.6) is 0 Å². The second-order valence-corrected chi connectivity index (χ2v) is 4.93. The van der Waals surface area contributed by atoms with Gasteiger partial charge in [0, 0.05) is 6.42 Å². The lowest BCUT2D eigenvalue weighted by atomic mass is 10.1. The first-order chi connectivity index (χ1) is 8.16. The van der Waals surface area contributed by atoms with Crippen LogP contribution in [0, 0.1) is 5.92 Å². The van der Waals surface area contributed by atoms with Crippen molar-refractivity contribution in [2.45, 2.75) is 65.7 Å². The summed E-state index contributed by atoms with van der Waals surface area (Å²) in [5.41, 5.74) is 0. The van der Waals surface area contributed by atoms with Gasteiger partial charge < -0.3 is 4.74 Å². The summed E-state index contributed by atoms with van der Waals surface area (Å²) >= 11 is 0. The third-order valence-electron chi connectivity index (χ3n) is 2.49. The highest BCUT2D eigenvalue weighted by Gasteiger charge is 2.04. The van der Waals surface area contributed by atoms with Gasteiger partial charge in [0.15, 0.2) is 0 Å². The minimum Gasteiger partial charge on any atom is -0.466 e. The molecular formula is C15H28O2. The van der Waals surface area contributed by atoms with Gasteiger partial charge in [0.1, 0.15) is 0 Å². The molecule has 0 aliphatic carbocycles. The van der Waals surface area contributed by atoms with Gasteiger partial charge in [-0.1, -0.05) is 45.8 Å². The Morgan fingerprint density at radius 1 is 1.12 bits per heavy atom. The fourth-order valence-corrected chi connectivity index (χ4v) is 1.50. The van der Waals surface area contributed by atoms with Gasteiger partial charge in [-0.25, -0.2) is 0 Å². The van der Waals surface area contributed by atoms with Crippen LogP contribution in [-0.4, -0.2) is 12.6 Å². The third-order valence-corrected chi connectivity index (χ3v) is 2.49. The Kier molecular flexibility index (Phi) is 11.1. The Bertz CT molecular complexity index is 207. The van der Waals surface area contributed by atoms with E-state index in [0.717, 1.165) is 19.3 Å². The average molecular weight is 240 g/mol. The van der Waals surface area contributed by atoms with Crippen LogP contribution in [0.15, 0.2) is 12.2 Å². The van der Waals surface area contributed by atoms with Gasteiger partial charge in [0.05, 0.1) is 6.61 Å². The van der Waals surface area contributed by atoms with E-state index in [4.69, 9.17) is 4.74 Å². The van der Waals surface area contributed by atoms with Crippen molar-refractivity contribution < 1.29 is 9.53 Å². The van der Waals surface area contributed by atoms with Gasteiger partial charge in [-0.2, -0.15) is 0 Å². The van der Waals surface area contributed by atoms with Crippen molar-refractivity contribution in [1.29, 1.82) is 0 Å². The van der Waals surface area contributed by atoms with Crippen LogP contribution in [0.2, 0.25) is 0 Å². The lowest BCUT2D eigenvalue weighted by Gasteiger charge is -2.05. The largest absolute Gasteiger partial charge is 0.466 e. The van der Waals surface area contributed by atoms with Gasteiger partial charge in [0.25, 0.3) is 0 Å². The van der Waals surface area contributed by atoms with Gasteiger partial charge in [-0.15, -0.1) is 0 Å². The third kappa shape index (κ3) is 13.1. The first kappa shape index (κ1) is 16.2. The summed E-state index contributed by atoms with van der Waals surface area (Å²) in [6.07, 6.45) is 12.0. The van der Waals surface area contributed by atoms with E-state index < -0.39 is 0 Å². The topological polar surface area (TPSA) is 26.3 Å². The highest BCUT2D eigenvalue weighted by Crippen LogP contribution is 2.04. The van der Waals surface area contributed by atoms with E-state index >= 15 is 0 Å². The number of hydrogen-bond acceptors (Lipinski definition) is 2. The Morgan fingerprint density at radius 2 is 1.76 bits per heavy atom. The summed E-state index contributed by atoms with van der Waals surface area (Å²) in [5, 5.41) is 0. The highest BCUT2D eigenvalue weighted by molar-refractivity contribution is 5.69. The van der Waals surface area contributed by atoms with E-state index in [2.05, 4.69) is 19.1 Å². The summed E-state index contributed by atoms with van der Waals surface area (Å²) in [4.78, 5) is 11.2. The standard InChI is InChI=1S/C15H28O2/c1-4-5-6-7-8-9-10-11-12-17-15(16)13-14(2)3/h7-8,14H,4-6,9-13H2,1-3H3. The number of rotatable bonds is 10. The van der Waals surface area contributed by atoms with E-state index in [9.17, 15) is 4.79 Å². The molecule has 0 aromatic heterocycles. The number of unbranched alkanes of at least 4 members (excludes halogenated alkanes) is 4. The summed E-state index contributed by atoms with van der Waals surface area (Å²) < 4.78 is 5.13. The van der Waals surface area contributed by atoms with Crippen molar-refractivity contribution in [1.82, 2.24) is 0 Å². The molecule has 0 saturated heterocycles. The first-order valence-corrected chi connectivity index (χ1v) is 6.97. The van der Waals surface area contributed by atoms with E-state index in [1.54, 1.807) is 0 Å². The van der Waals surface area contributed by atoms with Crippen LogP contribution >= 0.6 is 0 Å². The Balaban J connectivity index is 3.23. The molecule has 0 bridgehead atoms. The molecule has 0 aromatic carbocycles. The summed E-state index contributed by atoms with van der Waals surface area (Å²) in [6.45, 7) is 6.85. The predicted octanol–water partition coefficient (Wildman–Crippen LogP) is 4.49. The average Bonchev–Trinajstić information content (AvgIpc) is 2.26. The molecule has 0 fully saturated rings. The highest BCUT2D eigenvalue weighted by atomic mass is 16.5. The maximum absolute atomic E-state index is 11.2. The van der Waals surface area contributed by atoms with Crippen molar-refractivity contribution >= 4 is 5.97 Å². The number of hydrogen-bond donors (Lipinski definition) is 0. The zero-order chi connectivity index (χ0) is 12.9. The van der Waals surface area contributed by atoms with E-state index in [1.165, 1.54) is 19.3 Å². The molecule has 0 atom stereocenters. The number of ether oxygens (including phenoxy) is 1. The molecule has 0 unspecified atom stereocenters. The SMILES string of the molecule is CCCCC=CCCCCOC(=O)CC(C)C. The molecule has 0 N–H and O–H groups in total. The molecule has 0 rings (SSSR count). The normalized spacial score (nSPS) is 11.3. The Morgan fingerprint density at radius 3 is 2.35 bits per heavy atom. The number of carbonyl (C=O) groups is 1. The van der Waals surface area contributed by atoms with Crippen molar-refractivity contribution in [2.75, 3.05) is 6.61 Å². The second kappa shape index (κ2) is 11.7. The molecule has 0 radical (unpaired) electrons. The maximum Gasteiger partial charge on any atom is 0.306 e. The van der Waals surface area contributed by atoms with Crippen LogP contribution < -0.4 is 0 Å². The fraction of sp³-hybridized carbons (Fsp3) is 0.800. The fourth-order valence-electron chi connectivity index (χ4n) is 1.50. The molecule has 0 amide bonds. The van der Waals surface area contributed by atoms with Crippen LogP contribution in [0.4, 0.5) is 0 Å².